The van der Waals surface area contributed by atoms with E-state index in [4.69, 9.17) is 0 Å². The molecule has 0 aromatic carbocycles. The number of carboxylic acids is 2. The summed E-state index contributed by atoms with van der Waals surface area (Å²) >= 11 is 0. The van der Waals surface area contributed by atoms with Gasteiger partial charge in [0.2, 0.25) is 0 Å². The molecule has 4 nitrogen and oxygen atoms in total. The van der Waals surface area contributed by atoms with E-state index in [1.807, 2.05) is 27.7 Å². The molecule has 0 spiro atoms. The van der Waals surface area contributed by atoms with E-state index >= 15 is 0 Å². The molecule has 1 radical (unpaired) electrons. The van der Waals surface area contributed by atoms with Gasteiger partial charge in [0.15, 0.2) is 0 Å². The van der Waals surface area contributed by atoms with Crippen LogP contribution in [-0.2, 0) is 26.4 Å². The standard InChI is InChI=1S/2C5H10O2.Co/c2*1-4(2)3-5(6)7;/h2*4H,3H2,1-2H3,(H,6,7);/q;;+2/p-2. The molecule has 0 bridgehead atoms. The first kappa shape index (κ1) is 19.9. The van der Waals surface area contributed by atoms with Gasteiger partial charge in [-0.3, -0.25) is 0 Å². The Labute approximate surface area is 101 Å². The fraction of sp³-hybridized carbons (Fsp3) is 0.800. The van der Waals surface area contributed by atoms with Crippen molar-refractivity contribution >= 4 is 11.9 Å². The van der Waals surface area contributed by atoms with Gasteiger partial charge in [0.25, 0.3) is 0 Å². The third-order valence-corrected chi connectivity index (χ3v) is 1.15. The predicted octanol–water partition coefficient (Wildman–Crippen LogP) is -0.438. The van der Waals surface area contributed by atoms with Gasteiger partial charge in [0.05, 0.1) is 0 Å². The molecular formula is C10H18CoO4. The van der Waals surface area contributed by atoms with E-state index in [-0.39, 0.29) is 41.5 Å². The second-order valence-corrected chi connectivity index (χ2v) is 3.94. The molecule has 0 atom stereocenters. The molecule has 0 aromatic heterocycles. The van der Waals surface area contributed by atoms with E-state index in [0.717, 1.165) is 0 Å². The Balaban J connectivity index is -0.000000180. The Morgan fingerprint density at radius 1 is 0.867 bits per heavy atom. The Morgan fingerprint density at radius 2 is 1.07 bits per heavy atom. The SMILES string of the molecule is CC(C)CC(=O)[O-].CC(C)CC(=O)[O-].[Co+2]. The van der Waals surface area contributed by atoms with Gasteiger partial charge >= 0.3 is 16.8 Å². The molecule has 0 N–H and O–H groups in total. The molecule has 15 heavy (non-hydrogen) atoms. The third-order valence-electron chi connectivity index (χ3n) is 1.15. The van der Waals surface area contributed by atoms with Crippen molar-refractivity contribution in [3.63, 3.8) is 0 Å². The topological polar surface area (TPSA) is 80.3 Å². The van der Waals surface area contributed by atoms with Gasteiger partial charge in [-0.1, -0.05) is 27.7 Å². The molecule has 0 aliphatic rings. The van der Waals surface area contributed by atoms with Crippen LogP contribution in [0.4, 0.5) is 0 Å². The Hall–Kier alpha value is -0.554. The maximum absolute atomic E-state index is 9.70. The minimum atomic E-state index is -0.963. The summed E-state index contributed by atoms with van der Waals surface area (Å²) in [5.74, 6) is -1.50. The van der Waals surface area contributed by atoms with E-state index in [2.05, 4.69) is 0 Å². The van der Waals surface area contributed by atoms with Crippen molar-refractivity contribution in [1.82, 2.24) is 0 Å². The summed E-state index contributed by atoms with van der Waals surface area (Å²) in [6, 6.07) is 0. The van der Waals surface area contributed by atoms with Crippen LogP contribution >= 0.6 is 0 Å². The molecule has 0 fully saturated rings. The Bertz CT molecular complexity index is 158. The van der Waals surface area contributed by atoms with Crippen LogP contribution in [0, 0.1) is 11.8 Å². The van der Waals surface area contributed by atoms with Crippen molar-refractivity contribution in [2.24, 2.45) is 11.8 Å². The van der Waals surface area contributed by atoms with Crippen LogP contribution in [0.3, 0.4) is 0 Å². The van der Waals surface area contributed by atoms with Crippen LogP contribution in [0.15, 0.2) is 0 Å². The van der Waals surface area contributed by atoms with E-state index in [0.29, 0.717) is 0 Å². The molecule has 0 aliphatic heterocycles. The van der Waals surface area contributed by atoms with Crippen molar-refractivity contribution in [1.29, 1.82) is 0 Å². The maximum atomic E-state index is 9.70. The molecule has 0 amide bonds. The van der Waals surface area contributed by atoms with E-state index in [1.165, 1.54) is 0 Å². The smallest absolute Gasteiger partial charge is 0.550 e. The molecular weight excluding hydrogens is 243 g/mol. The second-order valence-electron chi connectivity index (χ2n) is 3.94. The van der Waals surface area contributed by atoms with Gasteiger partial charge in [0, 0.05) is 11.9 Å². The molecule has 0 heterocycles. The van der Waals surface area contributed by atoms with Gasteiger partial charge in [-0.15, -0.1) is 0 Å². The number of carbonyl (C=O) groups excluding carboxylic acids is 2. The summed E-state index contributed by atoms with van der Waals surface area (Å²) in [4.78, 5) is 19.4. The van der Waals surface area contributed by atoms with Crippen LogP contribution < -0.4 is 10.2 Å². The molecule has 0 unspecified atom stereocenters. The zero-order valence-corrected chi connectivity index (χ0v) is 10.6. The monoisotopic (exact) mass is 261 g/mol. The van der Waals surface area contributed by atoms with Crippen molar-refractivity contribution in [3.05, 3.63) is 0 Å². The third kappa shape index (κ3) is 31.8. The van der Waals surface area contributed by atoms with Crippen LogP contribution in [0.1, 0.15) is 40.5 Å². The molecule has 5 heteroatoms. The number of rotatable bonds is 4. The first-order chi connectivity index (χ1) is 6.25. The average molecular weight is 261 g/mol. The summed E-state index contributed by atoms with van der Waals surface area (Å²) in [6.07, 6.45) is 0.333. The number of carboxylic acid groups (broad SMARTS) is 2. The van der Waals surface area contributed by atoms with E-state index < -0.39 is 11.9 Å². The number of carbonyl (C=O) groups is 2. The molecule has 0 aromatic rings. The van der Waals surface area contributed by atoms with Gasteiger partial charge in [-0.25, -0.2) is 0 Å². The first-order valence-corrected chi connectivity index (χ1v) is 4.65. The van der Waals surface area contributed by atoms with Gasteiger partial charge in [-0.2, -0.15) is 0 Å². The molecule has 0 saturated heterocycles. The quantitative estimate of drug-likeness (QED) is 0.687. The Kier molecular flexibility index (Phi) is 15.3. The Morgan fingerprint density at radius 3 is 1.07 bits per heavy atom. The fourth-order valence-corrected chi connectivity index (χ4v) is 0.667. The van der Waals surface area contributed by atoms with Crippen molar-refractivity contribution in [2.75, 3.05) is 0 Å². The van der Waals surface area contributed by atoms with Crippen molar-refractivity contribution in [3.8, 4) is 0 Å². The van der Waals surface area contributed by atoms with Crippen molar-refractivity contribution in [2.45, 2.75) is 40.5 Å². The normalized spacial score (nSPS) is 8.93. The minimum absolute atomic E-state index is 0. The van der Waals surface area contributed by atoms with Crippen LogP contribution in [0.5, 0.6) is 0 Å². The first-order valence-electron chi connectivity index (χ1n) is 4.65. The number of hydrogen-bond donors (Lipinski definition) is 0. The molecule has 0 rings (SSSR count). The van der Waals surface area contributed by atoms with Crippen LogP contribution in [-0.4, -0.2) is 11.9 Å². The predicted molar refractivity (Wildman–Crippen MR) is 48.9 cm³/mol. The zero-order chi connectivity index (χ0) is 11.7. The zero-order valence-electron chi connectivity index (χ0n) is 9.54. The van der Waals surface area contributed by atoms with Gasteiger partial charge in [-0.05, 0) is 24.7 Å². The van der Waals surface area contributed by atoms with E-state index in [1.54, 1.807) is 0 Å². The number of hydrogen-bond acceptors (Lipinski definition) is 4. The van der Waals surface area contributed by atoms with Gasteiger partial charge < -0.3 is 19.8 Å². The van der Waals surface area contributed by atoms with Crippen molar-refractivity contribution < 1.29 is 36.6 Å². The molecule has 0 aliphatic carbocycles. The van der Waals surface area contributed by atoms with E-state index in [9.17, 15) is 19.8 Å². The second kappa shape index (κ2) is 11.5. The largest absolute Gasteiger partial charge is 2.00 e. The minimum Gasteiger partial charge on any atom is -0.550 e. The maximum Gasteiger partial charge on any atom is 2.00 e. The average Bonchev–Trinajstić information content (AvgIpc) is 1.79. The van der Waals surface area contributed by atoms with Crippen LogP contribution in [0.2, 0.25) is 0 Å². The summed E-state index contributed by atoms with van der Waals surface area (Å²) < 4.78 is 0. The summed E-state index contributed by atoms with van der Waals surface area (Å²) in [6.45, 7) is 7.37. The van der Waals surface area contributed by atoms with Gasteiger partial charge in [0.1, 0.15) is 0 Å². The molecule has 91 valence electrons. The number of aliphatic carboxylic acids is 2. The summed E-state index contributed by atoms with van der Waals surface area (Å²) in [7, 11) is 0. The summed E-state index contributed by atoms with van der Waals surface area (Å²) in [5.41, 5.74) is 0. The molecule has 0 saturated carbocycles. The summed E-state index contributed by atoms with van der Waals surface area (Å²) in [5, 5.41) is 19.4. The fourth-order valence-electron chi connectivity index (χ4n) is 0.667. The van der Waals surface area contributed by atoms with Crippen LogP contribution in [0.25, 0.3) is 0 Å².